The second kappa shape index (κ2) is 15.7. The maximum Gasteiger partial charge on any atom is 0.302 e. The molecular weight excluding hydrogens is 177 g/mol. The number of carbonyl (C=O) groups is 1. The predicted molar refractivity (Wildman–Crippen MR) is 29.5 cm³/mol. The number of esters is 1. The molecule has 0 fully saturated rings. The van der Waals surface area contributed by atoms with Gasteiger partial charge in [-0.2, -0.15) is 0 Å². The van der Waals surface area contributed by atoms with Crippen LogP contribution < -0.4 is 0 Å². The Morgan fingerprint density at radius 2 is 1.78 bits per heavy atom. The molecule has 0 aliphatic rings. The summed E-state index contributed by atoms with van der Waals surface area (Å²) in [5, 5.41) is 0. The monoisotopic (exact) mass is 188 g/mol. The molecule has 9 heavy (non-hydrogen) atoms. The van der Waals surface area contributed by atoms with Crippen molar-refractivity contribution in [3.63, 3.8) is 0 Å². The van der Waals surface area contributed by atoms with Crippen molar-refractivity contribution in [3.05, 3.63) is 0 Å². The van der Waals surface area contributed by atoms with E-state index < -0.39 is 0 Å². The van der Waals surface area contributed by atoms with Gasteiger partial charge in [-0.15, -0.1) is 0 Å². The fourth-order valence-corrected chi connectivity index (χ4v) is 0.203. The summed E-state index contributed by atoms with van der Waals surface area (Å²) in [5.74, 6) is -0.211. The fourth-order valence-electron chi connectivity index (χ4n) is 0.203. The minimum atomic E-state index is -0.211. The number of carbonyl (C=O) groups excluding carboxylic acids is 1. The second-order valence-electron chi connectivity index (χ2n) is 0.925. The molecule has 0 aliphatic heterocycles. The third-order valence-electron chi connectivity index (χ3n) is 0.348. The quantitative estimate of drug-likeness (QED) is 0.388. The standard InChI is InChI=1S/C4H8O2.2H2O.Zn/c1-3-6-4(2)5;;;/h3H2,1-2H3;2*1H2;. The van der Waals surface area contributed by atoms with Crippen molar-refractivity contribution in [2.45, 2.75) is 13.8 Å². The molecule has 5 heteroatoms. The van der Waals surface area contributed by atoms with Crippen LogP contribution in [0.25, 0.3) is 0 Å². The van der Waals surface area contributed by atoms with Crippen molar-refractivity contribution < 1.29 is 40.0 Å². The van der Waals surface area contributed by atoms with Crippen LogP contribution in [0.2, 0.25) is 0 Å². The summed E-state index contributed by atoms with van der Waals surface area (Å²) >= 11 is 0. The minimum absolute atomic E-state index is 0. The molecule has 0 saturated heterocycles. The van der Waals surface area contributed by atoms with E-state index >= 15 is 0 Å². The van der Waals surface area contributed by atoms with Crippen LogP contribution in [0.5, 0.6) is 0 Å². The fraction of sp³-hybridized carbons (Fsp3) is 0.750. The van der Waals surface area contributed by atoms with Gasteiger partial charge < -0.3 is 15.7 Å². The van der Waals surface area contributed by atoms with Crippen LogP contribution in [0.4, 0.5) is 0 Å². The van der Waals surface area contributed by atoms with E-state index in [2.05, 4.69) is 4.74 Å². The third kappa shape index (κ3) is 31.9. The summed E-state index contributed by atoms with van der Waals surface area (Å²) in [7, 11) is 0. The van der Waals surface area contributed by atoms with Crippen molar-refractivity contribution in [1.29, 1.82) is 0 Å². The molecule has 0 spiro atoms. The first-order chi connectivity index (χ1) is 2.77. The van der Waals surface area contributed by atoms with Crippen LogP contribution in [-0.4, -0.2) is 23.5 Å². The maximum absolute atomic E-state index is 9.82. The van der Waals surface area contributed by atoms with E-state index in [-0.39, 0.29) is 36.4 Å². The van der Waals surface area contributed by atoms with Crippen molar-refractivity contribution in [1.82, 2.24) is 0 Å². The zero-order valence-electron chi connectivity index (χ0n) is 5.73. The topological polar surface area (TPSA) is 89.3 Å². The Kier molecular flexibility index (Phi) is 40.1. The molecule has 0 rings (SSSR count). The van der Waals surface area contributed by atoms with E-state index in [9.17, 15) is 4.79 Å². The first-order valence-electron chi connectivity index (χ1n) is 1.90. The molecule has 0 aromatic carbocycles. The molecule has 0 aromatic rings. The van der Waals surface area contributed by atoms with E-state index in [1.165, 1.54) is 6.92 Å². The van der Waals surface area contributed by atoms with Crippen molar-refractivity contribution in [2.24, 2.45) is 0 Å². The second-order valence-corrected chi connectivity index (χ2v) is 0.925. The molecular formula is C4H12O4Zn. The van der Waals surface area contributed by atoms with Gasteiger partial charge in [0.05, 0.1) is 6.61 Å². The smallest absolute Gasteiger partial charge is 0.302 e. The summed E-state index contributed by atoms with van der Waals surface area (Å²) in [4.78, 5) is 9.82. The van der Waals surface area contributed by atoms with Gasteiger partial charge in [-0.1, -0.05) is 0 Å². The first-order valence-corrected chi connectivity index (χ1v) is 1.90. The number of hydrogen-bond acceptors (Lipinski definition) is 2. The van der Waals surface area contributed by atoms with Gasteiger partial charge in [0.25, 0.3) is 0 Å². The summed E-state index contributed by atoms with van der Waals surface area (Å²) in [6, 6.07) is 0. The van der Waals surface area contributed by atoms with Gasteiger partial charge in [-0.3, -0.25) is 4.79 Å². The summed E-state index contributed by atoms with van der Waals surface area (Å²) in [5.41, 5.74) is 0. The van der Waals surface area contributed by atoms with E-state index in [1.54, 1.807) is 6.92 Å². The SMILES string of the molecule is CCOC(C)=O.O.O.[Zn]. The van der Waals surface area contributed by atoms with Gasteiger partial charge in [0.1, 0.15) is 0 Å². The molecule has 0 atom stereocenters. The normalized spacial score (nSPS) is 5.11. The Balaban J connectivity index is -0.0000000417. The van der Waals surface area contributed by atoms with Gasteiger partial charge in [-0.05, 0) is 6.92 Å². The molecule has 54 valence electrons. The Bertz CT molecular complexity index is 56.5. The first kappa shape index (κ1) is 23.0. The van der Waals surface area contributed by atoms with Crippen LogP contribution in [0, 0.1) is 0 Å². The van der Waals surface area contributed by atoms with Crippen LogP contribution in [0.1, 0.15) is 13.8 Å². The molecule has 4 nitrogen and oxygen atoms in total. The largest absolute Gasteiger partial charge is 0.466 e. The number of rotatable bonds is 1. The Morgan fingerprint density at radius 3 is 1.78 bits per heavy atom. The van der Waals surface area contributed by atoms with E-state index in [0.717, 1.165) is 0 Å². The summed E-state index contributed by atoms with van der Waals surface area (Å²) in [6.45, 7) is 3.65. The number of ether oxygens (including phenoxy) is 1. The van der Waals surface area contributed by atoms with E-state index in [4.69, 9.17) is 0 Å². The molecule has 0 amide bonds. The van der Waals surface area contributed by atoms with Crippen molar-refractivity contribution >= 4 is 5.97 Å². The summed E-state index contributed by atoms with van der Waals surface area (Å²) in [6.07, 6.45) is 0. The molecule has 4 N–H and O–H groups in total. The molecule has 0 radical (unpaired) electrons. The van der Waals surface area contributed by atoms with Crippen LogP contribution in [0.15, 0.2) is 0 Å². The van der Waals surface area contributed by atoms with E-state index in [1.807, 2.05) is 0 Å². The van der Waals surface area contributed by atoms with Crippen LogP contribution in [0.3, 0.4) is 0 Å². The van der Waals surface area contributed by atoms with Gasteiger partial charge in [0.15, 0.2) is 0 Å². The number of hydrogen-bond donors (Lipinski definition) is 0. The molecule has 0 aliphatic carbocycles. The Labute approximate surface area is 67.0 Å². The van der Waals surface area contributed by atoms with Gasteiger partial charge in [0, 0.05) is 26.4 Å². The van der Waals surface area contributed by atoms with E-state index in [0.29, 0.717) is 6.61 Å². The molecule has 0 bridgehead atoms. The maximum atomic E-state index is 9.82. The molecule has 0 saturated carbocycles. The average Bonchev–Trinajstić information content (AvgIpc) is 1.35. The zero-order chi connectivity index (χ0) is 4.99. The van der Waals surface area contributed by atoms with Crippen molar-refractivity contribution in [3.8, 4) is 0 Å². The van der Waals surface area contributed by atoms with Crippen LogP contribution >= 0.6 is 0 Å². The Hall–Kier alpha value is 0.0134. The molecule has 0 unspecified atom stereocenters. The Morgan fingerprint density at radius 1 is 1.44 bits per heavy atom. The van der Waals surface area contributed by atoms with Crippen LogP contribution in [-0.2, 0) is 29.0 Å². The third-order valence-corrected chi connectivity index (χ3v) is 0.348. The average molecular weight is 190 g/mol. The minimum Gasteiger partial charge on any atom is -0.466 e. The predicted octanol–water partition coefficient (Wildman–Crippen LogP) is -1.08. The zero-order valence-corrected chi connectivity index (χ0v) is 8.70. The van der Waals surface area contributed by atoms with Gasteiger partial charge in [-0.25, -0.2) is 0 Å². The molecule has 0 heterocycles. The van der Waals surface area contributed by atoms with Crippen molar-refractivity contribution in [2.75, 3.05) is 6.61 Å². The van der Waals surface area contributed by atoms with Gasteiger partial charge in [0.2, 0.25) is 0 Å². The van der Waals surface area contributed by atoms with Gasteiger partial charge >= 0.3 is 5.97 Å². The molecule has 0 aromatic heterocycles. The summed E-state index contributed by atoms with van der Waals surface area (Å²) < 4.78 is 4.40.